The standard InChI is InChI=1S/C18H19FN2O3/c1-12(9-16-3-2-8-24-16)20-18(23)13-10-17(22)21(11-13)15-6-4-14(19)5-7-15/h2-8,12-13H,9-11H2,1H3,(H,20,23)/t12-,13-/m1/s1. The molecule has 5 nitrogen and oxygen atoms in total. The zero-order valence-corrected chi connectivity index (χ0v) is 13.4. The lowest BCUT2D eigenvalue weighted by Crippen LogP contribution is -2.39. The summed E-state index contributed by atoms with van der Waals surface area (Å²) in [5, 5.41) is 2.92. The molecule has 6 heteroatoms. The third-order valence-electron chi connectivity index (χ3n) is 4.11. The van der Waals surface area contributed by atoms with Crippen molar-refractivity contribution in [3.63, 3.8) is 0 Å². The molecule has 2 heterocycles. The predicted molar refractivity (Wildman–Crippen MR) is 86.9 cm³/mol. The van der Waals surface area contributed by atoms with E-state index in [9.17, 15) is 14.0 Å². The minimum atomic E-state index is -0.401. The number of hydrogen-bond acceptors (Lipinski definition) is 3. The first-order valence-electron chi connectivity index (χ1n) is 7.91. The molecule has 0 unspecified atom stereocenters. The van der Waals surface area contributed by atoms with E-state index >= 15 is 0 Å². The minimum absolute atomic E-state index is 0.0846. The van der Waals surface area contributed by atoms with Gasteiger partial charge < -0.3 is 14.6 Å². The second-order valence-corrected chi connectivity index (χ2v) is 6.07. The summed E-state index contributed by atoms with van der Waals surface area (Å²) in [5.41, 5.74) is 0.611. The fraction of sp³-hybridized carbons (Fsp3) is 0.333. The SMILES string of the molecule is C[C@H](Cc1ccco1)NC(=O)[C@@H]1CC(=O)N(c2ccc(F)cc2)C1. The first kappa shape index (κ1) is 16.2. The Bertz CT molecular complexity index is 712. The van der Waals surface area contributed by atoms with Crippen molar-refractivity contribution in [2.24, 2.45) is 5.92 Å². The van der Waals surface area contributed by atoms with Crippen molar-refractivity contribution >= 4 is 17.5 Å². The van der Waals surface area contributed by atoms with Crippen LogP contribution >= 0.6 is 0 Å². The average Bonchev–Trinajstić information content (AvgIpc) is 3.17. The molecule has 24 heavy (non-hydrogen) atoms. The van der Waals surface area contributed by atoms with Gasteiger partial charge in [0.2, 0.25) is 11.8 Å². The number of carbonyl (C=O) groups excluding carboxylic acids is 2. The van der Waals surface area contributed by atoms with Crippen LogP contribution in [0.3, 0.4) is 0 Å². The maximum absolute atomic E-state index is 13.0. The molecule has 1 N–H and O–H groups in total. The van der Waals surface area contributed by atoms with E-state index in [-0.39, 0.29) is 30.1 Å². The topological polar surface area (TPSA) is 62.6 Å². The lowest BCUT2D eigenvalue weighted by atomic mass is 10.1. The maximum atomic E-state index is 13.0. The largest absolute Gasteiger partial charge is 0.469 e. The molecular formula is C18H19FN2O3. The van der Waals surface area contributed by atoms with Gasteiger partial charge in [-0.3, -0.25) is 9.59 Å². The number of nitrogens with one attached hydrogen (secondary N) is 1. The fourth-order valence-electron chi connectivity index (χ4n) is 2.90. The number of carbonyl (C=O) groups is 2. The summed E-state index contributed by atoms with van der Waals surface area (Å²) < 4.78 is 18.3. The van der Waals surface area contributed by atoms with Crippen LogP contribution in [0.15, 0.2) is 47.1 Å². The molecule has 0 bridgehead atoms. The van der Waals surface area contributed by atoms with Crippen molar-refractivity contribution < 1.29 is 18.4 Å². The molecule has 1 fully saturated rings. The van der Waals surface area contributed by atoms with Gasteiger partial charge in [-0.25, -0.2) is 4.39 Å². The van der Waals surface area contributed by atoms with Gasteiger partial charge in [-0.05, 0) is 43.3 Å². The van der Waals surface area contributed by atoms with E-state index in [0.29, 0.717) is 18.7 Å². The van der Waals surface area contributed by atoms with Crippen LogP contribution < -0.4 is 10.2 Å². The molecule has 3 rings (SSSR count). The molecule has 2 aromatic rings. The highest BCUT2D eigenvalue weighted by molar-refractivity contribution is 6.00. The van der Waals surface area contributed by atoms with Crippen molar-refractivity contribution in [1.29, 1.82) is 0 Å². The van der Waals surface area contributed by atoms with Crippen LogP contribution in [0.4, 0.5) is 10.1 Å². The molecular weight excluding hydrogens is 311 g/mol. The van der Waals surface area contributed by atoms with Gasteiger partial charge in [-0.2, -0.15) is 0 Å². The molecule has 0 saturated carbocycles. The molecule has 1 saturated heterocycles. The Hall–Kier alpha value is -2.63. The van der Waals surface area contributed by atoms with E-state index in [1.54, 1.807) is 24.5 Å². The Kier molecular flexibility index (Phi) is 4.64. The number of hydrogen-bond donors (Lipinski definition) is 1. The molecule has 1 aliphatic rings. The Labute approximate surface area is 139 Å². The van der Waals surface area contributed by atoms with Gasteiger partial charge in [0, 0.05) is 31.1 Å². The summed E-state index contributed by atoms with van der Waals surface area (Å²) in [7, 11) is 0. The zero-order valence-electron chi connectivity index (χ0n) is 13.4. The van der Waals surface area contributed by atoms with Crippen molar-refractivity contribution in [3.8, 4) is 0 Å². The maximum Gasteiger partial charge on any atom is 0.227 e. The van der Waals surface area contributed by atoms with Crippen molar-refractivity contribution in [1.82, 2.24) is 5.32 Å². The number of amides is 2. The lowest BCUT2D eigenvalue weighted by Gasteiger charge is -2.18. The number of nitrogens with zero attached hydrogens (tertiary/aromatic N) is 1. The molecule has 1 aromatic carbocycles. The number of anilines is 1. The number of rotatable bonds is 5. The van der Waals surface area contributed by atoms with Crippen LogP contribution in [0.5, 0.6) is 0 Å². The Morgan fingerprint density at radius 2 is 2.12 bits per heavy atom. The van der Waals surface area contributed by atoms with Gasteiger partial charge in [0.05, 0.1) is 12.2 Å². The first-order chi connectivity index (χ1) is 11.5. The van der Waals surface area contributed by atoms with E-state index in [1.165, 1.54) is 17.0 Å². The lowest BCUT2D eigenvalue weighted by molar-refractivity contribution is -0.126. The van der Waals surface area contributed by atoms with Crippen LogP contribution in [0.1, 0.15) is 19.1 Å². The molecule has 1 aromatic heterocycles. The van der Waals surface area contributed by atoms with E-state index < -0.39 is 5.92 Å². The van der Waals surface area contributed by atoms with Gasteiger partial charge >= 0.3 is 0 Å². The molecule has 2 amide bonds. The van der Waals surface area contributed by atoms with Crippen LogP contribution in [-0.2, 0) is 16.0 Å². The van der Waals surface area contributed by atoms with Gasteiger partial charge in [-0.15, -0.1) is 0 Å². The summed E-state index contributed by atoms with van der Waals surface area (Å²) in [6.07, 6.45) is 2.36. The zero-order chi connectivity index (χ0) is 17.1. The summed E-state index contributed by atoms with van der Waals surface area (Å²) in [4.78, 5) is 26.1. The summed E-state index contributed by atoms with van der Waals surface area (Å²) in [5.74, 6) is -0.223. The first-order valence-corrected chi connectivity index (χ1v) is 7.91. The van der Waals surface area contributed by atoms with E-state index in [0.717, 1.165) is 5.76 Å². The summed E-state index contributed by atoms with van der Waals surface area (Å²) in [6.45, 7) is 2.21. The molecule has 1 aliphatic heterocycles. The Balaban J connectivity index is 1.58. The Morgan fingerprint density at radius 1 is 1.38 bits per heavy atom. The predicted octanol–water partition coefficient (Wildman–Crippen LogP) is 2.52. The normalized spacial score (nSPS) is 18.7. The van der Waals surface area contributed by atoms with Crippen molar-refractivity contribution in [2.45, 2.75) is 25.8 Å². The highest BCUT2D eigenvalue weighted by atomic mass is 19.1. The van der Waals surface area contributed by atoms with E-state index in [4.69, 9.17) is 4.42 Å². The van der Waals surface area contributed by atoms with E-state index in [2.05, 4.69) is 5.32 Å². The van der Waals surface area contributed by atoms with Crippen LogP contribution in [0, 0.1) is 11.7 Å². The van der Waals surface area contributed by atoms with E-state index in [1.807, 2.05) is 13.0 Å². The van der Waals surface area contributed by atoms with Gasteiger partial charge in [0.1, 0.15) is 11.6 Å². The molecule has 126 valence electrons. The van der Waals surface area contributed by atoms with Crippen LogP contribution in [0.2, 0.25) is 0 Å². The third-order valence-corrected chi connectivity index (χ3v) is 4.11. The average molecular weight is 330 g/mol. The van der Waals surface area contributed by atoms with Gasteiger partial charge in [0.15, 0.2) is 0 Å². The van der Waals surface area contributed by atoms with Crippen molar-refractivity contribution in [2.75, 3.05) is 11.4 Å². The smallest absolute Gasteiger partial charge is 0.227 e. The highest BCUT2D eigenvalue weighted by Crippen LogP contribution is 2.25. The summed E-state index contributed by atoms with van der Waals surface area (Å²) >= 11 is 0. The summed E-state index contributed by atoms with van der Waals surface area (Å²) in [6, 6.07) is 9.29. The molecule has 0 spiro atoms. The Morgan fingerprint density at radius 3 is 2.79 bits per heavy atom. The monoisotopic (exact) mass is 330 g/mol. The number of benzene rings is 1. The number of furan rings is 1. The number of halogens is 1. The second-order valence-electron chi connectivity index (χ2n) is 6.07. The molecule has 0 radical (unpaired) electrons. The quantitative estimate of drug-likeness (QED) is 0.916. The minimum Gasteiger partial charge on any atom is -0.469 e. The highest BCUT2D eigenvalue weighted by Gasteiger charge is 2.35. The van der Waals surface area contributed by atoms with Gasteiger partial charge in [0.25, 0.3) is 0 Å². The van der Waals surface area contributed by atoms with Crippen molar-refractivity contribution in [3.05, 3.63) is 54.2 Å². The van der Waals surface area contributed by atoms with Crippen LogP contribution in [-0.4, -0.2) is 24.4 Å². The molecule has 2 atom stereocenters. The fourth-order valence-corrected chi connectivity index (χ4v) is 2.90. The van der Waals surface area contributed by atoms with Gasteiger partial charge in [-0.1, -0.05) is 0 Å². The van der Waals surface area contributed by atoms with Crippen LogP contribution in [0.25, 0.3) is 0 Å². The third kappa shape index (κ3) is 3.64. The molecule has 0 aliphatic carbocycles. The second kappa shape index (κ2) is 6.86.